The van der Waals surface area contributed by atoms with Crippen LogP contribution in [0.4, 0.5) is 4.39 Å². The van der Waals surface area contributed by atoms with Gasteiger partial charge in [0.2, 0.25) is 10.0 Å². The number of nitrogens with one attached hydrogen (secondary N) is 1. The molecule has 0 fully saturated rings. The number of pyridine rings is 1. The first-order valence-corrected chi connectivity index (χ1v) is 11.3. The molecule has 0 aliphatic carbocycles. The number of benzene rings is 1. The summed E-state index contributed by atoms with van der Waals surface area (Å²) >= 11 is 0. The Kier molecular flexibility index (Phi) is 10.2. The van der Waals surface area contributed by atoms with Gasteiger partial charge in [0.05, 0.1) is 22.5 Å². The third kappa shape index (κ3) is 5.59. The molecule has 34 heavy (non-hydrogen) atoms. The normalized spacial score (nSPS) is 11.8. The number of amides is 1. The van der Waals surface area contributed by atoms with Crippen molar-refractivity contribution >= 4 is 51.8 Å². The number of sulfonamides is 1. The van der Waals surface area contributed by atoms with Crippen LogP contribution < -0.4 is 11.1 Å². The number of rotatable bonds is 7. The quantitative estimate of drug-likeness (QED) is 0.486. The second kappa shape index (κ2) is 11.8. The zero-order chi connectivity index (χ0) is 23.6. The molecule has 3 N–H and O–H groups in total. The summed E-state index contributed by atoms with van der Waals surface area (Å²) in [4.78, 5) is 16.8. The molecule has 0 unspecified atom stereocenters. The molecule has 0 saturated carbocycles. The van der Waals surface area contributed by atoms with Crippen molar-refractivity contribution in [2.75, 3.05) is 27.7 Å². The Bertz CT molecular complexity index is 1320. The van der Waals surface area contributed by atoms with E-state index in [1.54, 1.807) is 41.8 Å². The highest BCUT2D eigenvalue weighted by Crippen LogP contribution is 2.35. The summed E-state index contributed by atoms with van der Waals surface area (Å²) in [5.74, 6) is -0.764. The van der Waals surface area contributed by atoms with Gasteiger partial charge in [-0.05, 0) is 42.8 Å². The molecule has 2 aromatic heterocycles. The van der Waals surface area contributed by atoms with E-state index in [9.17, 15) is 17.6 Å². The largest absolute Gasteiger partial charge is 0.354 e. The number of aromatic nitrogens is 2. The molecule has 0 aliphatic heterocycles. The van der Waals surface area contributed by atoms with Gasteiger partial charge in [0.25, 0.3) is 5.91 Å². The first kappa shape index (κ1) is 29.5. The standard InChI is InChI=1S/C22H26FN5O3S.2ClH/c1-14-20(15-6-5-7-17(12-15)32(30,31)27(3)4)21-19(28(14)13-16(23)10-11-24)9-8-18(26-21)22(29)25-2;;/h5-10,12H,11,13,24H2,1-4H3,(H,25,29);2*1H/b16-10-;;. The van der Waals surface area contributed by atoms with Crippen molar-refractivity contribution in [2.45, 2.75) is 18.4 Å². The first-order valence-electron chi connectivity index (χ1n) is 9.91. The summed E-state index contributed by atoms with van der Waals surface area (Å²) < 4.78 is 42.5. The van der Waals surface area contributed by atoms with Crippen LogP contribution in [0, 0.1) is 6.92 Å². The fourth-order valence-corrected chi connectivity index (χ4v) is 4.46. The molecule has 1 amide bonds. The minimum Gasteiger partial charge on any atom is -0.354 e. The monoisotopic (exact) mass is 531 g/mol. The molecule has 0 aliphatic rings. The molecule has 1 aromatic carbocycles. The van der Waals surface area contributed by atoms with Crippen LogP contribution >= 0.6 is 24.8 Å². The molecule has 3 rings (SSSR count). The number of fused-ring (bicyclic) bond motifs is 1. The van der Waals surface area contributed by atoms with Crippen molar-refractivity contribution in [2.24, 2.45) is 5.73 Å². The maximum atomic E-state index is 14.4. The fraction of sp³-hybridized carbons (Fsp3) is 0.273. The summed E-state index contributed by atoms with van der Waals surface area (Å²) in [5, 5.41) is 2.54. The van der Waals surface area contributed by atoms with Crippen LogP contribution in [0.1, 0.15) is 16.2 Å². The van der Waals surface area contributed by atoms with Crippen molar-refractivity contribution in [3.63, 3.8) is 0 Å². The third-order valence-corrected chi connectivity index (χ3v) is 6.99. The summed E-state index contributed by atoms with van der Waals surface area (Å²) in [7, 11) is 0.771. The topological polar surface area (TPSA) is 110 Å². The van der Waals surface area contributed by atoms with Crippen molar-refractivity contribution in [3.8, 4) is 11.1 Å². The van der Waals surface area contributed by atoms with Gasteiger partial charge in [0.1, 0.15) is 11.5 Å². The van der Waals surface area contributed by atoms with Gasteiger partial charge in [-0.3, -0.25) is 4.79 Å². The molecule has 0 spiro atoms. The maximum Gasteiger partial charge on any atom is 0.269 e. The van der Waals surface area contributed by atoms with Crippen molar-refractivity contribution in [1.82, 2.24) is 19.2 Å². The SMILES string of the molecule is CNC(=O)c1ccc2c(n1)c(-c1cccc(S(=O)(=O)N(C)C)c1)c(C)n2C/C(F)=C/CN.Cl.Cl. The number of hydrogen-bond acceptors (Lipinski definition) is 5. The zero-order valence-corrected chi connectivity index (χ0v) is 21.7. The third-order valence-electron chi connectivity index (χ3n) is 5.18. The summed E-state index contributed by atoms with van der Waals surface area (Å²) in [6.07, 6.45) is 1.29. The van der Waals surface area contributed by atoms with Gasteiger partial charge in [-0.15, -0.1) is 24.8 Å². The Labute approximate surface area is 210 Å². The highest BCUT2D eigenvalue weighted by atomic mass is 35.5. The van der Waals surface area contributed by atoms with Crippen LogP contribution in [0.5, 0.6) is 0 Å². The minimum absolute atomic E-state index is 0. The molecule has 0 bridgehead atoms. The average molecular weight is 532 g/mol. The van der Waals surface area contributed by atoms with Gasteiger partial charge in [-0.1, -0.05) is 12.1 Å². The average Bonchev–Trinajstić information content (AvgIpc) is 3.03. The minimum atomic E-state index is -3.66. The van der Waals surface area contributed by atoms with E-state index >= 15 is 0 Å². The summed E-state index contributed by atoms with van der Waals surface area (Å²) in [5.41, 5.74) is 8.64. The lowest BCUT2D eigenvalue weighted by Crippen LogP contribution is -2.22. The van der Waals surface area contributed by atoms with Crippen LogP contribution in [0.15, 0.2) is 53.2 Å². The van der Waals surface area contributed by atoms with E-state index in [0.717, 1.165) is 4.31 Å². The van der Waals surface area contributed by atoms with Gasteiger partial charge >= 0.3 is 0 Å². The molecule has 0 radical (unpaired) electrons. The molecular weight excluding hydrogens is 504 g/mol. The number of halogens is 3. The maximum absolute atomic E-state index is 14.4. The molecular formula is C22H28Cl2FN5O3S. The van der Waals surface area contributed by atoms with Gasteiger partial charge < -0.3 is 15.6 Å². The number of nitrogens with zero attached hydrogens (tertiary/aromatic N) is 3. The van der Waals surface area contributed by atoms with E-state index in [1.165, 1.54) is 33.3 Å². The fourth-order valence-electron chi connectivity index (χ4n) is 3.51. The van der Waals surface area contributed by atoms with Crippen LogP contribution in [0.2, 0.25) is 0 Å². The Morgan fingerprint density at radius 2 is 1.91 bits per heavy atom. The lowest BCUT2D eigenvalue weighted by Gasteiger charge is -2.12. The van der Waals surface area contributed by atoms with E-state index in [1.807, 2.05) is 0 Å². The van der Waals surface area contributed by atoms with Crippen LogP contribution in [-0.2, 0) is 16.6 Å². The smallest absolute Gasteiger partial charge is 0.269 e. The molecule has 3 aromatic rings. The van der Waals surface area contributed by atoms with Gasteiger partial charge in [-0.2, -0.15) is 0 Å². The molecule has 186 valence electrons. The Morgan fingerprint density at radius 3 is 2.50 bits per heavy atom. The molecule has 0 atom stereocenters. The zero-order valence-electron chi connectivity index (χ0n) is 19.2. The Balaban J connectivity index is 0.00000289. The first-order chi connectivity index (χ1) is 15.1. The number of nitrogens with two attached hydrogens (primary N) is 1. The lowest BCUT2D eigenvalue weighted by atomic mass is 10.0. The predicted octanol–water partition coefficient (Wildman–Crippen LogP) is 3.28. The summed E-state index contributed by atoms with van der Waals surface area (Å²) in [6.45, 7) is 1.82. The van der Waals surface area contributed by atoms with Gasteiger partial charge in [-0.25, -0.2) is 22.1 Å². The van der Waals surface area contributed by atoms with E-state index in [0.29, 0.717) is 27.9 Å². The van der Waals surface area contributed by atoms with Gasteiger partial charge in [0.15, 0.2) is 0 Å². The van der Waals surface area contributed by atoms with Crippen molar-refractivity contribution in [1.29, 1.82) is 0 Å². The van der Waals surface area contributed by atoms with E-state index in [-0.39, 0.29) is 54.4 Å². The number of carbonyl (C=O) groups excluding carboxylic acids is 1. The van der Waals surface area contributed by atoms with Crippen molar-refractivity contribution in [3.05, 3.63) is 59.7 Å². The number of allylic oxidation sites excluding steroid dienone is 1. The Morgan fingerprint density at radius 1 is 1.24 bits per heavy atom. The Hall–Kier alpha value is -2.50. The predicted molar refractivity (Wildman–Crippen MR) is 137 cm³/mol. The van der Waals surface area contributed by atoms with E-state index in [4.69, 9.17) is 5.73 Å². The second-order valence-corrected chi connectivity index (χ2v) is 9.54. The van der Waals surface area contributed by atoms with Crippen LogP contribution in [0.25, 0.3) is 22.2 Å². The van der Waals surface area contributed by atoms with Crippen molar-refractivity contribution < 1.29 is 17.6 Å². The van der Waals surface area contributed by atoms with Gasteiger partial charge in [0, 0.05) is 38.9 Å². The highest BCUT2D eigenvalue weighted by Gasteiger charge is 2.22. The van der Waals surface area contributed by atoms with E-state index < -0.39 is 15.9 Å². The summed E-state index contributed by atoms with van der Waals surface area (Å²) in [6, 6.07) is 9.76. The second-order valence-electron chi connectivity index (χ2n) is 7.39. The highest BCUT2D eigenvalue weighted by molar-refractivity contribution is 7.89. The number of carbonyl (C=O) groups is 1. The molecule has 8 nitrogen and oxygen atoms in total. The van der Waals surface area contributed by atoms with Crippen LogP contribution in [-0.4, -0.2) is 55.9 Å². The van der Waals surface area contributed by atoms with Crippen LogP contribution in [0.3, 0.4) is 0 Å². The van der Waals surface area contributed by atoms with E-state index in [2.05, 4.69) is 10.3 Å². The lowest BCUT2D eigenvalue weighted by molar-refractivity contribution is 0.0958. The number of hydrogen-bond donors (Lipinski definition) is 2. The molecule has 2 heterocycles. The molecule has 0 saturated heterocycles. The molecule has 12 heteroatoms.